The minimum Gasteiger partial charge on any atom is -0.302 e. The molecule has 8 nitrogen and oxygen atoms in total. The molecule has 1 aromatic heterocycles. The maximum atomic E-state index is 10.8. The smallest absolute Gasteiger partial charge is 0.302 e. The first-order valence-corrected chi connectivity index (χ1v) is 10.6. The van der Waals surface area contributed by atoms with E-state index in [1.54, 1.807) is 11.3 Å². The first-order valence-electron chi connectivity index (χ1n) is 5.76. The summed E-state index contributed by atoms with van der Waals surface area (Å²) >= 11 is 3.70. The normalized spacial score (nSPS) is 16.4. The van der Waals surface area contributed by atoms with E-state index >= 15 is 0 Å². The predicted molar refractivity (Wildman–Crippen MR) is 83.8 cm³/mol. The molecule has 22 heavy (non-hydrogen) atoms. The number of rotatable bonds is 4. The van der Waals surface area contributed by atoms with Crippen molar-refractivity contribution in [3.63, 3.8) is 0 Å². The Morgan fingerprint density at radius 1 is 1.27 bits per heavy atom. The molecule has 0 saturated heterocycles. The molecule has 0 amide bonds. The molecule has 0 saturated carbocycles. The number of thiophene rings is 1. The van der Waals surface area contributed by atoms with Gasteiger partial charge in [-0.3, -0.25) is 9.05 Å². The molecule has 2 aliphatic heterocycles. The number of phosphoric acid groups is 2. The van der Waals surface area contributed by atoms with Gasteiger partial charge in [-0.1, -0.05) is 0 Å². The molecule has 3 rings (SSSR count). The van der Waals surface area contributed by atoms with E-state index in [2.05, 4.69) is 35.9 Å². The topological polar surface area (TPSA) is 115 Å². The Balaban J connectivity index is 0.000000160. The van der Waals surface area contributed by atoms with E-state index in [-0.39, 0.29) is 0 Å². The zero-order valence-corrected chi connectivity index (χ0v) is 15.0. The standard InChI is InChI=1S/C8H5NS2.C2H8O7P2/c1-3-10-7-5(1)9-6-2-4-11-8(6)7;1-7-11(6,8-2)9-10(3,4)5/h1-3H,4H2;1-2H3,(H2,3,4,5). The van der Waals surface area contributed by atoms with Crippen molar-refractivity contribution in [3.05, 3.63) is 33.1 Å². The van der Waals surface area contributed by atoms with E-state index < -0.39 is 15.6 Å². The lowest BCUT2D eigenvalue weighted by Gasteiger charge is -2.12. The third-order valence-corrected chi connectivity index (χ3v) is 7.11. The van der Waals surface area contributed by atoms with Crippen LogP contribution in [-0.2, 0) is 22.5 Å². The van der Waals surface area contributed by atoms with E-state index in [1.165, 1.54) is 20.5 Å². The van der Waals surface area contributed by atoms with Crippen molar-refractivity contribution in [3.8, 4) is 0 Å². The molecule has 1 aromatic rings. The van der Waals surface area contributed by atoms with E-state index in [0.29, 0.717) is 0 Å². The van der Waals surface area contributed by atoms with Crippen molar-refractivity contribution in [2.45, 2.75) is 0 Å². The molecule has 0 fully saturated rings. The zero-order valence-electron chi connectivity index (χ0n) is 11.5. The summed E-state index contributed by atoms with van der Waals surface area (Å²) in [6, 6.07) is 2.09. The van der Waals surface area contributed by atoms with E-state index in [4.69, 9.17) is 9.79 Å². The van der Waals surface area contributed by atoms with Gasteiger partial charge in [-0.25, -0.2) is 14.1 Å². The van der Waals surface area contributed by atoms with Gasteiger partial charge in [0, 0.05) is 20.0 Å². The molecule has 122 valence electrons. The average molecular weight is 385 g/mol. The molecule has 0 aromatic carbocycles. The lowest BCUT2D eigenvalue weighted by molar-refractivity contribution is 0.182. The van der Waals surface area contributed by atoms with Crippen LogP contribution in [0.1, 0.15) is 0 Å². The molecule has 0 aliphatic carbocycles. The second-order valence-electron chi connectivity index (χ2n) is 3.86. The maximum absolute atomic E-state index is 10.8. The second-order valence-corrected chi connectivity index (χ2v) is 9.07. The maximum Gasteiger partial charge on any atom is 0.483 e. The van der Waals surface area contributed by atoms with Crippen LogP contribution in [0, 0.1) is 0 Å². The fraction of sp³-hybridized carbons (Fsp3) is 0.300. The summed E-state index contributed by atoms with van der Waals surface area (Å²) in [5.74, 6) is 1.10. The molecular formula is C10H13NO7P2S2. The number of phosphoric ester groups is 1. The van der Waals surface area contributed by atoms with Crippen LogP contribution in [0.25, 0.3) is 4.91 Å². The number of thioether (sulfide) groups is 1. The number of hydrogen-bond donors (Lipinski definition) is 2. The minimum absolute atomic E-state index is 0.944. The summed E-state index contributed by atoms with van der Waals surface area (Å²) in [4.78, 5) is 22.2. The van der Waals surface area contributed by atoms with Gasteiger partial charge in [-0.2, -0.15) is 4.31 Å². The van der Waals surface area contributed by atoms with Gasteiger partial charge in [-0.05, 0) is 17.5 Å². The molecule has 0 unspecified atom stereocenters. The average Bonchev–Trinajstić information content (AvgIpc) is 3.09. The zero-order chi connectivity index (χ0) is 16.4. The van der Waals surface area contributed by atoms with Crippen molar-refractivity contribution in [1.82, 2.24) is 0 Å². The lowest BCUT2D eigenvalue weighted by atomic mass is 10.4. The Hall–Kier alpha value is -0.280. The molecule has 0 bridgehead atoms. The van der Waals surface area contributed by atoms with Crippen LogP contribution in [-0.4, -0.2) is 29.8 Å². The van der Waals surface area contributed by atoms with Gasteiger partial charge in [0.15, 0.2) is 0 Å². The Morgan fingerprint density at radius 2 is 1.95 bits per heavy atom. The summed E-state index contributed by atoms with van der Waals surface area (Å²) in [7, 11) is -7.01. The lowest BCUT2D eigenvalue weighted by Crippen LogP contribution is -2.14. The molecular weight excluding hydrogens is 372 g/mol. The van der Waals surface area contributed by atoms with Gasteiger partial charge >= 0.3 is 15.6 Å². The first kappa shape index (κ1) is 18.1. The summed E-state index contributed by atoms with van der Waals surface area (Å²) < 4.78 is 34.2. The molecule has 2 aliphatic rings. The third-order valence-electron chi connectivity index (χ3n) is 2.48. The monoisotopic (exact) mass is 385 g/mol. The number of nitrogens with zero attached hydrogens (tertiary/aromatic N) is 1. The predicted octanol–water partition coefficient (Wildman–Crippen LogP) is 1.62. The van der Waals surface area contributed by atoms with Gasteiger partial charge in [0.2, 0.25) is 0 Å². The summed E-state index contributed by atoms with van der Waals surface area (Å²) in [6.07, 6.45) is 2.20. The molecule has 12 heteroatoms. The van der Waals surface area contributed by atoms with Crippen LogP contribution in [0.2, 0.25) is 0 Å². The van der Waals surface area contributed by atoms with Crippen LogP contribution in [0.4, 0.5) is 0 Å². The van der Waals surface area contributed by atoms with Crippen molar-refractivity contribution in [1.29, 1.82) is 0 Å². The van der Waals surface area contributed by atoms with Crippen LogP contribution in [0.15, 0.2) is 28.2 Å². The van der Waals surface area contributed by atoms with Gasteiger partial charge in [0.05, 0.1) is 20.5 Å². The van der Waals surface area contributed by atoms with Crippen molar-refractivity contribution >= 4 is 43.6 Å². The van der Waals surface area contributed by atoms with E-state index in [9.17, 15) is 9.13 Å². The Labute approximate surface area is 134 Å². The van der Waals surface area contributed by atoms with Crippen LogP contribution >= 0.6 is 38.7 Å². The van der Waals surface area contributed by atoms with Crippen LogP contribution < -0.4 is 9.89 Å². The van der Waals surface area contributed by atoms with E-state index in [0.717, 1.165) is 20.0 Å². The highest BCUT2D eigenvalue weighted by atomic mass is 32.2. The molecule has 0 radical (unpaired) electrons. The van der Waals surface area contributed by atoms with Crippen molar-refractivity contribution in [2.24, 2.45) is 4.99 Å². The number of fused-ring (bicyclic) bond motifs is 2. The molecule has 0 atom stereocenters. The third kappa shape index (κ3) is 4.38. The van der Waals surface area contributed by atoms with Gasteiger partial charge in [0.1, 0.15) is 0 Å². The Kier molecular flexibility index (Phi) is 5.82. The second kappa shape index (κ2) is 7.09. The summed E-state index contributed by atoms with van der Waals surface area (Å²) in [5.41, 5.74) is 1.21. The first-order chi connectivity index (χ1) is 10.3. The molecule has 0 spiro atoms. The van der Waals surface area contributed by atoms with Gasteiger partial charge < -0.3 is 9.79 Å². The largest absolute Gasteiger partial charge is 0.483 e. The highest BCUT2D eigenvalue weighted by Crippen LogP contribution is 2.59. The van der Waals surface area contributed by atoms with Gasteiger partial charge in [0.25, 0.3) is 0 Å². The molecule has 2 N–H and O–H groups in total. The van der Waals surface area contributed by atoms with Crippen molar-refractivity contribution < 1.29 is 32.3 Å². The fourth-order valence-corrected chi connectivity index (χ4v) is 5.36. The van der Waals surface area contributed by atoms with Crippen LogP contribution in [0.3, 0.4) is 0 Å². The van der Waals surface area contributed by atoms with Crippen molar-refractivity contribution in [2.75, 3.05) is 20.0 Å². The summed E-state index contributed by atoms with van der Waals surface area (Å²) in [6.45, 7) is 0. The Morgan fingerprint density at radius 3 is 2.50 bits per heavy atom. The highest BCUT2D eigenvalue weighted by Gasteiger charge is 2.33. The SMILES string of the molecule is C1=C2N=c3ccsc3=C2SC1.COP(=O)(OC)OP(=O)(O)O. The Bertz CT molecular complexity index is 788. The fourth-order valence-electron chi connectivity index (χ4n) is 1.61. The quantitative estimate of drug-likeness (QED) is 0.752. The number of hydrogen-bond acceptors (Lipinski definition) is 8. The van der Waals surface area contributed by atoms with Gasteiger partial charge in [-0.15, -0.1) is 23.1 Å². The summed E-state index contributed by atoms with van der Waals surface area (Å²) in [5, 5.41) is 3.28. The minimum atomic E-state index is -4.83. The van der Waals surface area contributed by atoms with Crippen LogP contribution in [0.5, 0.6) is 0 Å². The van der Waals surface area contributed by atoms with E-state index in [1.807, 2.05) is 11.8 Å². The highest BCUT2D eigenvalue weighted by molar-refractivity contribution is 8.08. The molecule has 3 heterocycles.